The maximum Gasteiger partial charge on any atom is 0.132 e. The van der Waals surface area contributed by atoms with Crippen LogP contribution in [-0.4, -0.2) is 14.6 Å². The summed E-state index contributed by atoms with van der Waals surface area (Å²) in [7, 11) is 0. The molecule has 4 N–H and O–H groups in total. The third-order valence-electron chi connectivity index (χ3n) is 7.51. The normalized spacial score (nSPS) is 11.5. The van der Waals surface area contributed by atoms with Crippen molar-refractivity contribution in [1.82, 2.24) is 8.75 Å². The molecule has 3 heterocycles. The van der Waals surface area contributed by atoms with Gasteiger partial charge in [-0.1, -0.05) is 37.6 Å². The number of anilines is 2. The predicted octanol–water partition coefficient (Wildman–Crippen LogP) is 10.4. The fourth-order valence-electron chi connectivity index (χ4n) is 5.25. The molecule has 0 atom stereocenters. The molecular formula is C33H29ClF2N4S3. The van der Waals surface area contributed by atoms with E-state index >= 15 is 8.78 Å². The number of hydrogen-bond acceptors (Lipinski definition) is 7. The van der Waals surface area contributed by atoms with Crippen molar-refractivity contribution in [2.75, 3.05) is 17.3 Å². The summed E-state index contributed by atoms with van der Waals surface area (Å²) in [6.45, 7) is 2.13. The van der Waals surface area contributed by atoms with Crippen LogP contribution in [0, 0.1) is 11.6 Å². The van der Waals surface area contributed by atoms with Crippen LogP contribution in [0.25, 0.3) is 52.8 Å². The van der Waals surface area contributed by atoms with E-state index in [2.05, 4.69) is 15.7 Å². The number of aromatic nitrogens is 2. The quantitative estimate of drug-likeness (QED) is 0.114. The lowest BCUT2D eigenvalue weighted by Gasteiger charge is -2.12. The summed E-state index contributed by atoms with van der Waals surface area (Å²) in [6, 6.07) is 18.4. The van der Waals surface area contributed by atoms with Crippen LogP contribution in [0.5, 0.6) is 0 Å². The largest absolute Gasteiger partial charge is 0.396 e. The second-order valence-corrected chi connectivity index (χ2v) is 13.5. The van der Waals surface area contributed by atoms with Crippen molar-refractivity contribution in [1.29, 1.82) is 0 Å². The number of fused-ring (bicyclic) bond motifs is 1. The first-order chi connectivity index (χ1) is 20.9. The number of alkyl halides is 1. The Hall–Kier alpha value is -3.37. The number of unbranched alkanes of at least 4 members (excludes halogenated alkanes) is 1. The predicted molar refractivity (Wildman–Crippen MR) is 181 cm³/mol. The number of nitrogens with zero attached hydrogens (tertiary/aromatic N) is 2. The standard InChI is InChI=1S/C33H29ClF2N4S3/c1-2-3-5-18-7-9-20(22(35)16-18)24-11-13-26(41-24)28-30(37)31(38)29(33-32(28)39-43-40-33)27-14-12-25(42-27)21-10-8-19(6-4-15-34)17-23(21)36/h7-14,16-17H,2-6,15,37-38H2,1H3. The molecule has 0 aliphatic carbocycles. The molecule has 0 unspecified atom stereocenters. The minimum atomic E-state index is -0.274. The Morgan fingerprint density at radius 1 is 0.674 bits per heavy atom. The maximum absolute atomic E-state index is 15.1. The first kappa shape index (κ1) is 29.7. The molecule has 0 amide bonds. The summed E-state index contributed by atoms with van der Waals surface area (Å²) >= 11 is 9.75. The summed E-state index contributed by atoms with van der Waals surface area (Å²) < 4.78 is 39.4. The molecule has 0 spiro atoms. The van der Waals surface area contributed by atoms with Crippen LogP contribution < -0.4 is 11.5 Å². The zero-order chi connectivity index (χ0) is 30.1. The summed E-state index contributed by atoms with van der Waals surface area (Å²) in [4.78, 5) is 3.24. The average molecular weight is 651 g/mol. The second-order valence-electron chi connectivity index (χ2n) is 10.4. The van der Waals surface area contributed by atoms with Gasteiger partial charge in [0, 0.05) is 47.6 Å². The lowest BCUT2D eigenvalue weighted by Crippen LogP contribution is -2.00. The van der Waals surface area contributed by atoms with Gasteiger partial charge in [-0.3, -0.25) is 0 Å². The van der Waals surface area contributed by atoms with Crippen molar-refractivity contribution in [3.8, 4) is 41.8 Å². The van der Waals surface area contributed by atoms with Crippen molar-refractivity contribution in [2.24, 2.45) is 0 Å². The molecule has 6 aromatic rings. The lowest BCUT2D eigenvalue weighted by molar-refractivity contribution is 0.628. The molecule has 0 fully saturated rings. The maximum atomic E-state index is 15.1. The number of thiophene rings is 2. The number of benzene rings is 3. The van der Waals surface area contributed by atoms with Crippen LogP contribution >= 0.6 is 46.0 Å². The Morgan fingerprint density at radius 3 is 1.58 bits per heavy atom. The van der Waals surface area contributed by atoms with Gasteiger partial charge in [0.25, 0.3) is 0 Å². The van der Waals surface area contributed by atoms with E-state index in [0.717, 1.165) is 74.5 Å². The van der Waals surface area contributed by atoms with E-state index in [1.54, 1.807) is 12.1 Å². The van der Waals surface area contributed by atoms with Gasteiger partial charge in [0.05, 0.1) is 23.1 Å². The molecule has 0 radical (unpaired) electrons. The van der Waals surface area contributed by atoms with E-state index in [-0.39, 0.29) is 11.6 Å². The van der Waals surface area contributed by atoms with Crippen molar-refractivity contribution in [3.05, 3.63) is 83.4 Å². The van der Waals surface area contributed by atoms with Crippen LogP contribution in [0.4, 0.5) is 20.2 Å². The van der Waals surface area contributed by atoms with E-state index in [0.29, 0.717) is 50.5 Å². The number of hydrogen-bond donors (Lipinski definition) is 2. The molecular weight excluding hydrogens is 622 g/mol. The Labute approximate surface area is 266 Å². The molecule has 4 nitrogen and oxygen atoms in total. The van der Waals surface area contributed by atoms with Gasteiger partial charge in [0.2, 0.25) is 0 Å². The summed E-state index contributed by atoms with van der Waals surface area (Å²) in [5.74, 6) is 0.0320. The zero-order valence-corrected chi connectivity index (χ0v) is 26.6. The highest BCUT2D eigenvalue weighted by molar-refractivity contribution is 7.19. The molecule has 0 saturated heterocycles. The second kappa shape index (κ2) is 12.7. The van der Waals surface area contributed by atoms with Crippen molar-refractivity contribution >= 4 is 68.4 Å². The Balaban J connectivity index is 1.36. The van der Waals surface area contributed by atoms with Crippen LogP contribution in [0.2, 0.25) is 0 Å². The molecule has 3 aromatic heterocycles. The highest BCUT2D eigenvalue weighted by Crippen LogP contribution is 2.49. The molecule has 6 rings (SSSR count). The minimum Gasteiger partial charge on any atom is -0.396 e. The van der Waals surface area contributed by atoms with Gasteiger partial charge in [-0.15, -0.1) is 34.3 Å². The Bertz CT molecular complexity index is 1790. The smallest absolute Gasteiger partial charge is 0.132 e. The first-order valence-corrected chi connectivity index (χ1v) is 17.0. The summed E-state index contributed by atoms with van der Waals surface area (Å²) in [5, 5.41) is 0. The fraction of sp³-hybridized carbons (Fsp3) is 0.212. The van der Waals surface area contributed by atoms with Crippen LogP contribution in [0.3, 0.4) is 0 Å². The molecule has 0 bridgehead atoms. The number of halogens is 3. The zero-order valence-electron chi connectivity index (χ0n) is 23.4. The molecule has 220 valence electrons. The fourth-order valence-corrected chi connectivity index (χ4v) is 8.13. The first-order valence-electron chi connectivity index (χ1n) is 14.1. The SMILES string of the molecule is CCCCc1ccc(-c2ccc(-c3c(N)c(N)c(-c4ccc(-c5ccc(CCCCl)cc5F)s4)c4nsnc34)s2)c(F)c1. The topological polar surface area (TPSA) is 77.8 Å². The summed E-state index contributed by atoms with van der Waals surface area (Å²) in [6.07, 6.45) is 4.49. The molecule has 10 heteroatoms. The van der Waals surface area contributed by atoms with E-state index in [1.807, 2.05) is 48.5 Å². The Morgan fingerprint density at radius 2 is 1.14 bits per heavy atom. The molecule has 0 saturated carbocycles. The molecule has 3 aromatic carbocycles. The molecule has 43 heavy (non-hydrogen) atoms. The van der Waals surface area contributed by atoms with Gasteiger partial charge in [-0.05, 0) is 73.2 Å². The highest BCUT2D eigenvalue weighted by Gasteiger charge is 2.24. The monoisotopic (exact) mass is 650 g/mol. The summed E-state index contributed by atoms with van der Waals surface area (Å²) in [5.41, 5.74) is 19.8. The van der Waals surface area contributed by atoms with Gasteiger partial charge in [0.15, 0.2) is 0 Å². The Kier molecular flexibility index (Phi) is 8.77. The van der Waals surface area contributed by atoms with Gasteiger partial charge in [0.1, 0.15) is 22.7 Å². The molecule has 0 aliphatic heterocycles. The third kappa shape index (κ3) is 5.79. The lowest BCUT2D eigenvalue weighted by atomic mass is 10.0. The number of rotatable bonds is 10. The minimum absolute atomic E-state index is 0.236. The van der Waals surface area contributed by atoms with Crippen LogP contribution in [0.15, 0.2) is 60.7 Å². The van der Waals surface area contributed by atoms with Crippen LogP contribution in [-0.2, 0) is 12.8 Å². The average Bonchev–Trinajstić information content (AvgIpc) is 3.78. The third-order valence-corrected chi connectivity index (χ3v) is 10.6. The van der Waals surface area contributed by atoms with Crippen molar-refractivity contribution in [3.63, 3.8) is 0 Å². The van der Waals surface area contributed by atoms with Gasteiger partial charge >= 0.3 is 0 Å². The van der Waals surface area contributed by atoms with Crippen LogP contribution in [0.1, 0.15) is 37.3 Å². The van der Waals surface area contributed by atoms with Gasteiger partial charge in [-0.25, -0.2) is 8.78 Å². The van der Waals surface area contributed by atoms with E-state index in [4.69, 9.17) is 23.1 Å². The van der Waals surface area contributed by atoms with E-state index in [1.165, 1.54) is 22.7 Å². The van der Waals surface area contributed by atoms with E-state index < -0.39 is 0 Å². The number of aryl methyl sites for hydroxylation is 2. The van der Waals surface area contributed by atoms with Gasteiger partial charge < -0.3 is 11.5 Å². The van der Waals surface area contributed by atoms with Crippen molar-refractivity contribution in [2.45, 2.75) is 39.0 Å². The molecule has 0 aliphatic rings. The number of nitrogens with two attached hydrogens (primary N) is 2. The number of nitrogen functional groups attached to an aromatic ring is 2. The van der Waals surface area contributed by atoms with E-state index in [9.17, 15) is 0 Å². The van der Waals surface area contributed by atoms with Gasteiger partial charge in [-0.2, -0.15) is 8.75 Å². The van der Waals surface area contributed by atoms with Crippen molar-refractivity contribution < 1.29 is 8.78 Å². The highest BCUT2D eigenvalue weighted by atomic mass is 35.5.